The van der Waals surface area contributed by atoms with E-state index in [1.165, 1.54) is 6.42 Å². The van der Waals surface area contributed by atoms with Crippen molar-refractivity contribution in [2.24, 2.45) is 10.9 Å². The van der Waals surface area contributed by atoms with Gasteiger partial charge in [0.15, 0.2) is 5.96 Å². The Kier molecular flexibility index (Phi) is 14.5. The number of aliphatic imine (C=N–C) groups is 1. The lowest BCUT2D eigenvalue weighted by atomic mass is 10.1. The summed E-state index contributed by atoms with van der Waals surface area (Å²) in [5.74, 6) is 1.39. The van der Waals surface area contributed by atoms with E-state index in [0.29, 0.717) is 25.7 Å². The van der Waals surface area contributed by atoms with E-state index in [2.05, 4.69) is 36.3 Å². The molecule has 0 amide bonds. The number of unbranched alkanes of at least 4 members (excludes halogenated alkanes) is 1. The van der Waals surface area contributed by atoms with Crippen molar-refractivity contribution in [2.75, 3.05) is 78.9 Å². The van der Waals surface area contributed by atoms with Crippen LogP contribution in [-0.4, -0.2) is 89.8 Å². The fourth-order valence-electron chi connectivity index (χ4n) is 2.68. The van der Waals surface area contributed by atoms with Crippen molar-refractivity contribution < 1.29 is 14.2 Å². The Balaban J connectivity index is 2.11. The van der Waals surface area contributed by atoms with Gasteiger partial charge in [0.05, 0.1) is 33.0 Å². The highest BCUT2D eigenvalue weighted by Gasteiger charge is 2.13. The summed E-state index contributed by atoms with van der Waals surface area (Å²) in [5, 5.41) is 6.62. The van der Waals surface area contributed by atoms with E-state index in [4.69, 9.17) is 19.2 Å². The van der Waals surface area contributed by atoms with Gasteiger partial charge in [-0.1, -0.05) is 20.3 Å². The molecule has 1 aliphatic rings. The molecule has 1 aliphatic heterocycles. The van der Waals surface area contributed by atoms with Crippen LogP contribution in [0.3, 0.4) is 0 Å². The molecule has 0 aromatic heterocycles. The lowest BCUT2D eigenvalue weighted by Crippen LogP contribution is -2.41. The smallest absolute Gasteiger partial charge is 0.191 e. The van der Waals surface area contributed by atoms with Crippen molar-refractivity contribution in [3.8, 4) is 0 Å². The van der Waals surface area contributed by atoms with Gasteiger partial charge in [0.1, 0.15) is 0 Å². The van der Waals surface area contributed by atoms with Crippen LogP contribution in [0.4, 0.5) is 0 Å². The molecule has 2 N–H and O–H groups in total. The summed E-state index contributed by atoms with van der Waals surface area (Å²) >= 11 is 0. The zero-order valence-corrected chi connectivity index (χ0v) is 17.1. The maximum atomic E-state index is 5.58. The third-order valence-electron chi connectivity index (χ3n) is 4.13. The molecule has 0 aliphatic carbocycles. The first-order chi connectivity index (χ1) is 12.8. The Labute approximate surface area is 159 Å². The molecule has 26 heavy (non-hydrogen) atoms. The summed E-state index contributed by atoms with van der Waals surface area (Å²) in [6.45, 7) is 16.6. The van der Waals surface area contributed by atoms with E-state index in [-0.39, 0.29) is 0 Å². The molecule has 7 nitrogen and oxygen atoms in total. The van der Waals surface area contributed by atoms with Gasteiger partial charge in [0.2, 0.25) is 0 Å². The van der Waals surface area contributed by atoms with Gasteiger partial charge in [-0.3, -0.25) is 9.89 Å². The van der Waals surface area contributed by atoms with E-state index >= 15 is 0 Å². The highest BCUT2D eigenvalue weighted by Crippen LogP contribution is 2.03. The summed E-state index contributed by atoms with van der Waals surface area (Å²) < 4.78 is 16.5. The van der Waals surface area contributed by atoms with Gasteiger partial charge in [-0.25, -0.2) is 0 Å². The van der Waals surface area contributed by atoms with Gasteiger partial charge in [-0.05, 0) is 19.3 Å². The summed E-state index contributed by atoms with van der Waals surface area (Å²) in [6.07, 6.45) is 2.29. The molecule has 0 aromatic carbocycles. The van der Waals surface area contributed by atoms with Crippen LogP contribution < -0.4 is 10.6 Å². The van der Waals surface area contributed by atoms with Crippen molar-refractivity contribution >= 4 is 5.96 Å². The molecule has 0 aromatic rings. The Bertz CT molecular complexity index is 350. The molecule has 0 bridgehead atoms. The molecule has 154 valence electrons. The third kappa shape index (κ3) is 12.5. The average molecular weight is 373 g/mol. The van der Waals surface area contributed by atoms with Crippen molar-refractivity contribution in [3.05, 3.63) is 0 Å². The molecular weight excluding hydrogens is 332 g/mol. The second kappa shape index (κ2) is 16.3. The van der Waals surface area contributed by atoms with Crippen molar-refractivity contribution in [3.63, 3.8) is 0 Å². The van der Waals surface area contributed by atoms with Gasteiger partial charge >= 0.3 is 0 Å². The Morgan fingerprint density at radius 2 is 1.81 bits per heavy atom. The first-order valence-corrected chi connectivity index (χ1v) is 10.2. The topological polar surface area (TPSA) is 67.4 Å². The van der Waals surface area contributed by atoms with Gasteiger partial charge in [-0.15, -0.1) is 0 Å². The average Bonchev–Trinajstić information content (AvgIpc) is 2.65. The minimum absolute atomic E-state index is 0.528. The quantitative estimate of drug-likeness (QED) is 0.273. The number of ether oxygens (including phenoxy) is 3. The molecular formula is C19H40N4O3. The maximum Gasteiger partial charge on any atom is 0.191 e. The number of rotatable bonds is 14. The van der Waals surface area contributed by atoms with Crippen LogP contribution in [0, 0.1) is 5.92 Å². The summed E-state index contributed by atoms with van der Waals surface area (Å²) in [4.78, 5) is 7.16. The molecule has 7 heteroatoms. The molecule has 0 spiro atoms. The number of morpholine rings is 1. The molecule has 1 rings (SSSR count). The molecule has 1 unspecified atom stereocenters. The normalized spacial score (nSPS) is 17.3. The first kappa shape index (κ1) is 23.1. The first-order valence-electron chi connectivity index (χ1n) is 10.2. The van der Waals surface area contributed by atoms with Crippen LogP contribution in [0.5, 0.6) is 0 Å². The maximum absolute atomic E-state index is 5.58. The third-order valence-corrected chi connectivity index (χ3v) is 4.13. The Morgan fingerprint density at radius 1 is 1.08 bits per heavy atom. The van der Waals surface area contributed by atoms with E-state index in [9.17, 15) is 0 Å². The minimum Gasteiger partial charge on any atom is -0.379 e. The van der Waals surface area contributed by atoms with Crippen molar-refractivity contribution in [1.82, 2.24) is 15.5 Å². The van der Waals surface area contributed by atoms with E-state index in [1.54, 1.807) is 0 Å². The van der Waals surface area contributed by atoms with Crippen molar-refractivity contribution in [1.29, 1.82) is 0 Å². The lowest BCUT2D eigenvalue weighted by molar-refractivity contribution is 0.0323. The van der Waals surface area contributed by atoms with E-state index < -0.39 is 0 Å². The largest absolute Gasteiger partial charge is 0.379 e. The van der Waals surface area contributed by atoms with Crippen LogP contribution in [0.1, 0.15) is 33.6 Å². The fourth-order valence-corrected chi connectivity index (χ4v) is 2.68. The standard InChI is InChI=1S/C19H40N4O3/c1-4-6-10-24-14-15-25-11-7-21-19(20-5-2)22-16-18(3)17-23-8-12-26-13-9-23/h18H,4-17H2,1-3H3,(H2,20,21,22). The number of nitrogens with one attached hydrogen (secondary N) is 2. The monoisotopic (exact) mass is 372 g/mol. The van der Waals surface area contributed by atoms with Crippen LogP contribution in [-0.2, 0) is 14.2 Å². The number of nitrogens with zero attached hydrogens (tertiary/aromatic N) is 2. The molecule has 0 radical (unpaired) electrons. The van der Waals surface area contributed by atoms with Crippen molar-refractivity contribution in [2.45, 2.75) is 33.6 Å². The van der Waals surface area contributed by atoms with Gasteiger partial charge in [0, 0.05) is 45.9 Å². The molecule has 1 saturated heterocycles. The Morgan fingerprint density at radius 3 is 2.50 bits per heavy atom. The zero-order chi connectivity index (χ0) is 18.9. The molecule has 1 fully saturated rings. The predicted octanol–water partition coefficient (Wildman–Crippen LogP) is 1.34. The highest BCUT2D eigenvalue weighted by molar-refractivity contribution is 5.79. The number of hydrogen-bond acceptors (Lipinski definition) is 5. The second-order valence-corrected chi connectivity index (χ2v) is 6.74. The second-order valence-electron chi connectivity index (χ2n) is 6.74. The van der Waals surface area contributed by atoms with Crippen LogP contribution in [0.25, 0.3) is 0 Å². The minimum atomic E-state index is 0.528. The lowest BCUT2D eigenvalue weighted by Gasteiger charge is -2.28. The molecule has 1 atom stereocenters. The summed E-state index contributed by atoms with van der Waals surface area (Å²) in [6, 6.07) is 0. The fraction of sp³-hybridized carbons (Fsp3) is 0.947. The highest BCUT2D eigenvalue weighted by atomic mass is 16.5. The van der Waals surface area contributed by atoms with Crippen LogP contribution in [0.15, 0.2) is 4.99 Å². The predicted molar refractivity (Wildman–Crippen MR) is 107 cm³/mol. The zero-order valence-electron chi connectivity index (χ0n) is 17.1. The van der Waals surface area contributed by atoms with Crippen LogP contribution >= 0.6 is 0 Å². The van der Waals surface area contributed by atoms with Gasteiger partial charge in [0.25, 0.3) is 0 Å². The molecule has 0 saturated carbocycles. The van der Waals surface area contributed by atoms with E-state index in [0.717, 1.165) is 71.5 Å². The summed E-state index contributed by atoms with van der Waals surface area (Å²) in [7, 11) is 0. The van der Waals surface area contributed by atoms with Gasteiger partial charge < -0.3 is 24.8 Å². The SMILES string of the molecule is CCCCOCCOCCNC(=NCC(C)CN1CCOCC1)NCC. The van der Waals surface area contributed by atoms with E-state index in [1.807, 2.05) is 0 Å². The van der Waals surface area contributed by atoms with Crippen LogP contribution in [0.2, 0.25) is 0 Å². The number of guanidine groups is 1. The molecule has 1 heterocycles. The number of hydrogen-bond donors (Lipinski definition) is 2. The Hall–Kier alpha value is -0.890. The van der Waals surface area contributed by atoms with Gasteiger partial charge in [-0.2, -0.15) is 0 Å². The summed E-state index contributed by atoms with van der Waals surface area (Å²) in [5.41, 5.74) is 0.